The standard InChI is InChI=1S/C51H63N10O10P/c1-4-59-23-12-15-30-25-34-38(27-36(30)59)69-39-28-37-31(16-13-24-60(37)5-2)26-35(39)42(34)32-17-8-9-18-33(32)48(65)58(3)22-14-19-41(62)53-20-10-6-7-11-21-54-51-55-43-46(56-50(52)57-47(43)64)61(51)49-44(63)45-40(70-49)29-68-72(66,67)71-45/h8-9,17-18,25-28,40,44-45,49,63H,4-7,10-16,19-24,29H2,1-3H3,(H5,52,53,57,62,64,65,66,67)/t40-,44-,45-,49-/m1/s1. The summed E-state index contributed by atoms with van der Waals surface area (Å²) in [6.45, 7) is 9.24. The van der Waals surface area contributed by atoms with E-state index in [-0.39, 0.29) is 47.9 Å². The number of phosphoric acid groups is 1. The molecule has 5 aromatic rings. The lowest BCUT2D eigenvalue weighted by molar-refractivity contribution is -0.245. The van der Waals surface area contributed by atoms with Crippen LogP contribution in [0.15, 0.2) is 53.3 Å². The molecule has 0 radical (unpaired) electrons. The number of amides is 2. The number of aryl methyl sites for hydroxylation is 2. The summed E-state index contributed by atoms with van der Waals surface area (Å²) < 4.78 is 38.3. The van der Waals surface area contributed by atoms with Gasteiger partial charge in [-0.2, -0.15) is 4.98 Å². The highest BCUT2D eigenvalue weighted by Crippen LogP contribution is 2.50. The SMILES string of the molecule is CCN1CCCc2cc3c(cc21)Oc1cc2c(cc1=C3c1ccccc1C(=O)N(C)CCCC(=O)NCCCCCCNc1nc3c(=O)[nH]c(N)nc3n1[C@@H]1O[C@@H]3COP(=O)([O-])O[C@H]3[C@H]1O)CCC[N+]=2CC. The van der Waals surface area contributed by atoms with Crippen molar-refractivity contribution in [2.75, 3.05) is 75.4 Å². The van der Waals surface area contributed by atoms with E-state index >= 15 is 0 Å². The number of carbonyl (C=O) groups is 2. The Morgan fingerprint density at radius 3 is 2.64 bits per heavy atom. The van der Waals surface area contributed by atoms with Gasteiger partial charge < -0.3 is 54.7 Å². The molecule has 7 heterocycles. The summed E-state index contributed by atoms with van der Waals surface area (Å²) in [6.07, 6.45) is 3.21. The van der Waals surface area contributed by atoms with Gasteiger partial charge in [-0.25, -0.2) is 9.56 Å². The smallest absolute Gasteiger partial charge is 0.280 e. The summed E-state index contributed by atoms with van der Waals surface area (Å²) in [5, 5.41) is 19.5. The first-order chi connectivity index (χ1) is 34.8. The van der Waals surface area contributed by atoms with Crippen molar-refractivity contribution >= 4 is 54.0 Å². The van der Waals surface area contributed by atoms with Gasteiger partial charge in [0.1, 0.15) is 42.9 Å². The number of rotatable bonds is 17. The zero-order valence-electron chi connectivity index (χ0n) is 41.0. The van der Waals surface area contributed by atoms with Crippen molar-refractivity contribution in [3.05, 3.63) is 97.3 Å². The topological polar surface area (TPSA) is 255 Å². The van der Waals surface area contributed by atoms with E-state index in [1.807, 2.05) is 18.2 Å². The van der Waals surface area contributed by atoms with Gasteiger partial charge in [0.15, 0.2) is 17.4 Å². The first-order valence-electron chi connectivity index (χ1n) is 25.3. The Kier molecular flexibility index (Phi) is 14.3. The molecule has 20 nitrogen and oxygen atoms in total. The number of imidazole rings is 1. The summed E-state index contributed by atoms with van der Waals surface area (Å²) in [4.78, 5) is 67.3. The number of aliphatic hydroxyl groups is 1. The van der Waals surface area contributed by atoms with E-state index in [4.69, 9.17) is 24.3 Å². The van der Waals surface area contributed by atoms with Gasteiger partial charge in [-0.05, 0) is 81.7 Å². The van der Waals surface area contributed by atoms with Crippen LogP contribution >= 0.6 is 7.82 Å². The van der Waals surface area contributed by atoms with Crippen molar-refractivity contribution < 1.29 is 42.7 Å². The van der Waals surface area contributed by atoms with Crippen LogP contribution in [0.4, 0.5) is 17.6 Å². The monoisotopic (exact) mass is 1010 g/mol. The number of ether oxygens (including phenoxy) is 2. The number of benzene rings is 3. The van der Waals surface area contributed by atoms with Crippen molar-refractivity contribution in [3.63, 3.8) is 0 Å². The normalized spacial score (nSPS) is 22.1. The minimum Gasteiger partial charge on any atom is -0.756 e. The van der Waals surface area contributed by atoms with Gasteiger partial charge in [0.25, 0.3) is 19.3 Å². The zero-order chi connectivity index (χ0) is 50.3. The minimum absolute atomic E-state index is 0.0392. The van der Waals surface area contributed by atoms with E-state index < -0.39 is 37.9 Å². The molecule has 10 rings (SSSR count). The minimum atomic E-state index is -4.62. The number of nitrogens with two attached hydrogens (primary N) is 1. The summed E-state index contributed by atoms with van der Waals surface area (Å²) in [6, 6.07) is 16.9. The number of anilines is 3. The zero-order valence-corrected chi connectivity index (χ0v) is 41.9. The fourth-order valence-corrected chi connectivity index (χ4v) is 11.8. The second-order valence-electron chi connectivity index (χ2n) is 19.2. The van der Waals surface area contributed by atoms with Crippen LogP contribution in [0.2, 0.25) is 0 Å². The number of hydrogen-bond acceptors (Lipinski definition) is 15. The highest BCUT2D eigenvalue weighted by Gasteiger charge is 2.51. The average molecular weight is 1010 g/mol. The van der Waals surface area contributed by atoms with E-state index in [2.05, 4.69) is 79.2 Å². The first kappa shape index (κ1) is 49.4. The molecule has 0 saturated carbocycles. The van der Waals surface area contributed by atoms with Gasteiger partial charge >= 0.3 is 0 Å². The molecule has 5 aliphatic rings. The van der Waals surface area contributed by atoms with Crippen LogP contribution in [0.25, 0.3) is 16.7 Å². The predicted octanol–water partition coefficient (Wildman–Crippen LogP) is 3.07. The van der Waals surface area contributed by atoms with Gasteiger partial charge in [0, 0.05) is 91.8 Å². The highest BCUT2D eigenvalue weighted by molar-refractivity contribution is 7.45. The van der Waals surface area contributed by atoms with Crippen molar-refractivity contribution in [2.24, 2.45) is 0 Å². The molecule has 382 valence electrons. The number of nitrogens with zero attached hydrogens (tertiary/aromatic N) is 6. The predicted molar refractivity (Wildman–Crippen MR) is 269 cm³/mol. The van der Waals surface area contributed by atoms with Gasteiger partial charge in [-0.3, -0.25) is 28.5 Å². The van der Waals surface area contributed by atoms with Crippen molar-refractivity contribution in [2.45, 2.75) is 103 Å². The fourth-order valence-electron chi connectivity index (χ4n) is 10.8. The number of nitrogen functional groups attached to an aromatic ring is 1. The lowest BCUT2D eigenvalue weighted by Crippen LogP contribution is -2.41. The van der Waals surface area contributed by atoms with E-state index in [1.54, 1.807) is 11.9 Å². The van der Waals surface area contributed by atoms with Crippen molar-refractivity contribution in [1.29, 1.82) is 0 Å². The molecule has 6 N–H and O–H groups in total. The van der Waals surface area contributed by atoms with Crippen molar-refractivity contribution in [1.82, 2.24) is 34.3 Å². The van der Waals surface area contributed by atoms with Crippen LogP contribution in [0, 0.1) is 0 Å². The average Bonchev–Trinajstić information content (AvgIpc) is 3.89. The lowest BCUT2D eigenvalue weighted by atomic mass is 9.86. The summed E-state index contributed by atoms with van der Waals surface area (Å²) in [7, 11) is -2.83. The number of nitrogens with one attached hydrogen (secondary N) is 3. The summed E-state index contributed by atoms with van der Waals surface area (Å²) in [5.41, 5.74) is 12.5. The molecular weight excluding hydrogens is 944 g/mol. The molecule has 72 heavy (non-hydrogen) atoms. The van der Waals surface area contributed by atoms with Crippen LogP contribution in [-0.2, 0) is 36.0 Å². The van der Waals surface area contributed by atoms with E-state index in [0.717, 1.165) is 105 Å². The van der Waals surface area contributed by atoms with Crippen LogP contribution in [0.1, 0.15) is 104 Å². The quantitative estimate of drug-likeness (QED) is 0.0500. The van der Waals surface area contributed by atoms with Gasteiger partial charge in [0.05, 0.1) is 12.7 Å². The second kappa shape index (κ2) is 20.8. The molecule has 5 aliphatic heterocycles. The van der Waals surface area contributed by atoms with Gasteiger partial charge in [-0.1, -0.05) is 31.0 Å². The maximum absolute atomic E-state index is 14.5. The molecule has 3 aromatic carbocycles. The Labute approximate surface area is 416 Å². The molecule has 2 aromatic heterocycles. The molecule has 5 atom stereocenters. The molecule has 2 fully saturated rings. The number of aromatic amines is 1. The molecular formula is C51H63N10O10P. The molecule has 1 unspecified atom stereocenters. The molecule has 21 heteroatoms. The third-order valence-electron chi connectivity index (χ3n) is 14.5. The van der Waals surface area contributed by atoms with E-state index in [0.29, 0.717) is 38.0 Å². The number of aromatic nitrogens is 4. The van der Waals surface area contributed by atoms with Crippen LogP contribution in [0.5, 0.6) is 11.5 Å². The lowest BCUT2D eigenvalue weighted by Gasteiger charge is -2.34. The summed E-state index contributed by atoms with van der Waals surface area (Å²) >= 11 is 0. The third-order valence-corrected chi connectivity index (χ3v) is 15.4. The third kappa shape index (κ3) is 9.75. The van der Waals surface area contributed by atoms with Crippen LogP contribution in [0.3, 0.4) is 0 Å². The Morgan fingerprint density at radius 2 is 1.82 bits per heavy atom. The number of phosphoric ester groups is 1. The molecule has 0 bridgehead atoms. The number of aliphatic hydroxyl groups excluding tert-OH is 1. The number of hydrogen-bond donors (Lipinski definition) is 5. The van der Waals surface area contributed by atoms with Crippen LogP contribution in [-0.4, -0.2) is 119 Å². The number of unbranched alkanes of at least 4 members (excludes halogenated alkanes) is 3. The number of fused-ring (bicyclic) bond motifs is 6. The largest absolute Gasteiger partial charge is 0.756 e. The highest BCUT2D eigenvalue weighted by atomic mass is 31.2. The molecule has 2 saturated heterocycles. The number of H-pyrrole nitrogens is 1. The fraction of sp³-hybridized carbons (Fsp3) is 0.490. The van der Waals surface area contributed by atoms with Crippen LogP contribution < -0.4 is 51.6 Å². The maximum atomic E-state index is 14.5. The van der Waals surface area contributed by atoms with Gasteiger partial charge in [0.2, 0.25) is 23.2 Å². The molecule has 2 amide bonds. The number of carbonyl (C=O) groups excluding carboxylic acids is 2. The Bertz CT molecular complexity index is 3160. The van der Waals surface area contributed by atoms with Gasteiger partial charge in [-0.15, -0.1) is 0 Å². The summed E-state index contributed by atoms with van der Waals surface area (Å²) in [5.74, 6) is 1.42. The van der Waals surface area contributed by atoms with E-state index in [1.165, 1.54) is 26.7 Å². The Balaban J connectivity index is 0.738. The molecule has 0 spiro atoms. The molecule has 0 aliphatic carbocycles. The first-order valence-corrected chi connectivity index (χ1v) is 26.8. The Hall–Kier alpha value is -6.15. The van der Waals surface area contributed by atoms with Crippen molar-refractivity contribution in [3.8, 4) is 11.5 Å². The second-order valence-corrected chi connectivity index (χ2v) is 20.5. The Morgan fingerprint density at radius 1 is 1.01 bits per heavy atom. The maximum Gasteiger partial charge on any atom is 0.280 e. The van der Waals surface area contributed by atoms with E-state index in [9.17, 15) is 28.9 Å².